The number of halogens is 1. The van der Waals surface area contributed by atoms with Gasteiger partial charge in [-0.25, -0.2) is 0 Å². The Balaban J connectivity index is 2.25. The Kier molecular flexibility index (Phi) is 7.45. The number of amides is 2. The van der Waals surface area contributed by atoms with Crippen LogP contribution >= 0.6 is 27.7 Å². The summed E-state index contributed by atoms with van der Waals surface area (Å²) in [6, 6.07) is 2.90. The van der Waals surface area contributed by atoms with Crippen LogP contribution in [0.5, 0.6) is 11.5 Å². The summed E-state index contributed by atoms with van der Waals surface area (Å²) < 4.78 is 11.8. The highest BCUT2D eigenvalue weighted by Crippen LogP contribution is 2.37. The Hall–Kier alpha value is -1.41. The van der Waals surface area contributed by atoms with E-state index in [2.05, 4.69) is 21.2 Å². The summed E-state index contributed by atoms with van der Waals surface area (Å²) in [6.45, 7) is 8.36. The largest absolute Gasteiger partial charge is 0.493 e. The van der Waals surface area contributed by atoms with Crippen LogP contribution in [-0.2, 0) is 4.79 Å². The van der Waals surface area contributed by atoms with Crippen LogP contribution in [-0.4, -0.2) is 53.6 Å². The van der Waals surface area contributed by atoms with Gasteiger partial charge in [0.2, 0.25) is 5.91 Å². The number of hydrogen-bond acceptors (Lipinski definition) is 5. The lowest BCUT2D eigenvalue weighted by Gasteiger charge is -2.28. The van der Waals surface area contributed by atoms with Crippen molar-refractivity contribution < 1.29 is 19.1 Å². The molecule has 2 rings (SSSR count). The fourth-order valence-electron chi connectivity index (χ4n) is 2.67. The molecule has 0 spiro atoms. The molecule has 0 radical (unpaired) electrons. The minimum absolute atomic E-state index is 0.130. The van der Waals surface area contributed by atoms with Gasteiger partial charge in [0, 0.05) is 16.9 Å². The molecule has 1 aromatic rings. The van der Waals surface area contributed by atoms with Crippen molar-refractivity contribution in [2.45, 2.75) is 45.7 Å². The van der Waals surface area contributed by atoms with Crippen LogP contribution in [0.25, 0.3) is 0 Å². The van der Waals surface area contributed by atoms with E-state index in [1.165, 1.54) is 0 Å². The van der Waals surface area contributed by atoms with Crippen LogP contribution in [0.4, 0.5) is 0 Å². The van der Waals surface area contributed by atoms with Crippen LogP contribution in [0.15, 0.2) is 16.6 Å². The maximum Gasteiger partial charge on any atom is 0.255 e. The van der Waals surface area contributed by atoms with Crippen molar-refractivity contribution >= 4 is 39.5 Å². The molecule has 1 unspecified atom stereocenters. The molecule has 1 aromatic carbocycles. The van der Waals surface area contributed by atoms with Crippen molar-refractivity contribution in [2.24, 2.45) is 0 Å². The number of carbonyl (C=O) groups excluding carboxylic acids is 2. The van der Waals surface area contributed by atoms with E-state index in [0.29, 0.717) is 39.8 Å². The molecule has 0 aromatic heterocycles. The summed E-state index contributed by atoms with van der Waals surface area (Å²) in [5, 5.41) is 2.96. The number of methoxy groups -OCH3 is 1. The third kappa shape index (κ3) is 5.54. The average Bonchev–Trinajstić information content (AvgIpc) is 3.07. The maximum absolute atomic E-state index is 13.1. The second kappa shape index (κ2) is 9.19. The first-order valence-corrected chi connectivity index (χ1v) is 10.8. The van der Waals surface area contributed by atoms with Crippen molar-refractivity contribution in [3.63, 3.8) is 0 Å². The molecule has 150 valence electrons. The molecular weight excluding hydrogens is 432 g/mol. The normalized spacial score (nSPS) is 17.0. The monoisotopic (exact) mass is 458 g/mol. The quantitative estimate of drug-likeness (QED) is 0.703. The van der Waals surface area contributed by atoms with Crippen molar-refractivity contribution in [2.75, 3.05) is 25.3 Å². The lowest BCUT2D eigenvalue weighted by atomic mass is 10.1. The van der Waals surface area contributed by atoms with Gasteiger partial charge in [-0.3, -0.25) is 9.59 Å². The first-order valence-electron chi connectivity index (χ1n) is 8.89. The van der Waals surface area contributed by atoms with E-state index in [9.17, 15) is 9.59 Å². The number of nitrogens with zero attached hydrogens (tertiary/aromatic N) is 1. The van der Waals surface area contributed by atoms with Gasteiger partial charge in [-0.05, 0) is 55.3 Å². The SMILES string of the molecule is CCCOc1c(Br)cc(C(=O)N2CSCC2C(=O)NC(C)(C)C)cc1OC. The van der Waals surface area contributed by atoms with Crippen molar-refractivity contribution in [3.05, 3.63) is 22.2 Å². The third-order valence-electron chi connectivity index (χ3n) is 3.87. The summed E-state index contributed by atoms with van der Waals surface area (Å²) in [6.07, 6.45) is 0.867. The van der Waals surface area contributed by atoms with E-state index in [1.54, 1.807) is 35.9 Å². The van der Waals surface area contributed by atoms with Gasteiger partial charge in [0.05, 0.1) is 24.1 Å². The first kappa shape index (κ1) is 21.9. The van der Waals surface area contributed by atoms with Gasteiger partial charge in [0.25, 0.3) is 5.91 Å². The highest BCUT2D eigenvalue weighted by molar-refractivity contribution is 9.10. The van der Waals surface area contributed by atoms with Crippen LogP contribution < -0.4 is 14.8 Å². The van der Waals surface area contributed by atoms with Crippen molar-refractivity contribution in [1.29, 1.82) is 0 Å². The molecule has 1 aliphatic rings. The Morgan fingerprint density at radius 1 is 1.37 bits per heavy atom. The van der Waals surface area contributed by atoms with E-state index in [4.69, 9.17) is 9.47 Å². The minimum Gasteiger partial charge on any atom is -0.493 e. The van der Waals surface area contributed by atoms with Crippen LogP contribution in [0, 0.1) is 0 Å². The second-order valence-electron chi connectivity index (χ2n) is 7.37. The molecule has 1 aliphatic heterocycles. The fourth-order valence-corrected chi connectivity index (χ4v) is 4.38. The van der Waals surface area contributed by atoms with E-state index in [1.807, 2.05) is 27.7 Å². The highest BCUT2D eigenvalue weighted by Gasteiger charge is 2.36. The molecular formula is C19H27BrN2O4S. The standard InChI is InChI=1S/C19H27BrN2O4S/c1-6-7-26-16-13(20)8-12(9-15(16)25-5)18(24)22-11-27-10-14(22)17(23)21-19(2,3)4/h8-9,14H,6-7,10-11H2,1-5H3,(H,21,23). The number of carbonyl (C=O) groups is 2. The Labute approximate surface area is 173 Å². The molecule has 27 heavy (non-hydrogen) atoms. The van der Waals surface area contributed by atoms with E-state index in [0.717, 1.165) is 6.42 Å². The molecule has 8 heteroatoms. The summed E-state index contributed by atoms with van der Waals surface area (Å²) in [7, 11) is 1.54. The summed E-state index contributed by atoms with van der Waals surface area (Å²) in [5.74, 6) is 1.81. The Morgan fingerprint density at radius 2 is 2.07 bits per heavy atom. The molecule has 2 amide bonds. The average molecular weight is 459 g/mol. The predicted octanol–water partition coefficient (Wildman–Crippen LogP) is 3.68. The van der Waals surface area contributed by atoms with Gasteiger partial charge in [0.15, 0.2) is 11.5 Å². The van der Waals surface area contributed by atoms with Gasteiger partial charge in [-0.2, -0.15) is 0 Å². The lowest BCUT2D eigenvalue weighted by Crippen LogP contribution is -2.52. The number of nitrogens with one attached hydrogen (secondary N) is 1. The van der Waals surface area contributed by atoms with Crippen molar-refractivity contribution in [1.82, 2.24) is 10.2 Å². The van der Waals surface area contributed by atoms with Crippen LogP contribution in [0.1, 0.15) is 44.5 Å². The molecule has 6 nitrogen and oxygen atoms in total. The number of rotatable bonds is 6. The molecule has 1 atom stereocenters. The zero-order chi connectivity index (χ0) is 20.2. The van der Waals surface area contributed by atoms with Gasteiger partial charge in [0.1, 0.15) is 6.04 Å². The molecule has 1 heterocycles. The zero-order valence-electron chi connectivity index (χ0n) is 16.4. The van der Waals surface area contributed by atoms with E-state index in [-0.39, 0.29) is 17.4 Å². The molecule has 0 saturated carbocycles. The summed E-state index contributed by atoms with van der Waals surface area (Å²) in [4.78, 5) is 27.3. The Morgan fingerprint density at radius 3 is 2.67 bits per heavy atom. The minimum atomic E-state index is -0.484. The molecule has 1 N–H and O–H groups in total. The Bertz CT molecular complexity index is 706. The molecule has 1 fully saturated rings. The highest BCUT2D eigenvalue weighted by atomic mass is 79.9. The summed E-state index contributed by atoms with van der Waals surface area (Å²) >= 11 is 5.04. The summed E-state index contributed by atoms with van der Waals surface area (Å²) in [5.41, 5.74) is 0.113. The fraction of sp³-hybridized carbons (Fsp3) is 0.579. The van der Waals surface area contributed by atoms with Gasteiger partial charge >= 0.3 is 0 Å². The molecule has 1 saturated heterocycles. The number of thioether (sulfide) groups is 1. The smallest absolute Gasteiger partial charge is 0.255 e. The maximum atomic E-state index is 13.1. The van der Waals surface area contributed by atoms with Crippen molar-refractivity contribution in [3.8, 4) is 11.5 Å². The first-order chi connectivity index (χ1) is 12.7. The third-order valence-corrected chi connectivity index (χ3v) is 5.47. The molecule has 0 bridgehead atoms. The number of hydrogen-bond donors (Lipinski definition) is 1. The van der Waals surface area contributed by atoms with E-state index >= 15 is 0 Å². The predicted molar refractivity (Wildman–Crippen MR) is 112 cm³/mol. The van der Waals surface area contributed by atoms with Crippen LogP contribution in [0.3, 0.4) is 0 Å². The van der Waals surface area contributed by atoms with Gasteiger partial charge < -0.3 is 19.7 Å². The van der Waals surface area contributed by atoms with Gasteiger partial charge in [-0.1, -0.05) is 6.92 Å². The topological polar surface area (TPSA) is 67.9 Å². The number of benzene rings is 1. The number of ether oxygens (including phenoxy) is 2. The lowest BCUT2D eigenvalue weighted by molar-refractivity contribution is -0.125. The second-order valence-corrected chi connectivity index (χ2v) is 9.22. The zero-order valence-corrected chi connectivity index (χ0v) is 18.8. The van der Waals surface area contributed by atoms with Crippen LogP contribution in [0.2, 0.25) is 0 Å². The van der Waals surface area contributed by atoms with Gasteiger partial charge in [-0.15, -0.1) is 11.8 Å². The molecule has 0 aliphatic carbocycles. The van der Waals surface area contributed by atoms with E-state index < -0.39 is 6.04 Å².